The SMILES string of the molecule is C=C1NCCc2cc(CC)ccc21. The monoisotopic (exact) mass is 173 g/mol. The van der Waals surface area contributed by atoms with Gasteiger partial charge in [0.25, 0.3) is 0 Å². The zero-order valence-electron chi connectivity index (χ0n) is 8.06. The standard InChI is InChI=1S/C12H15N/c1-3-10-4-5-12-9(2)13-7-6-11(12)8-10/h4-5,8,13H,2-3,6-7H2,1H3. The normalized spacial score (nSPS) is 15.0. The van der Waals surface area contributed by atoms with Crippen molar-refractivity contribution < 1.29 is 0 Å². The van der Waals surface area contributed by atoms with Gasteiger partial charge in [-0.1, -0.05) is 31.7 Å². The van der Waals surface area contributed by atoms with Crippen molar-refractivity contribution in [2.24, 2.45) is 0 Å². The molecule has 1 aromatic carbocycles. The molecule has 0 bridgehead atoms. The molecule has 68 valence electrons. The second-order valence-electron chi connectivity index (χ2n) is 3.50. The van der Waals surface area contributed by atoms with Crippen LogP contribution >= 0.6 is 0 Å². The van der Waals surface area contributed by atoms with Crippen LogP contribution in [0.15, 0.2) is 24.8 Å². The average molecular weight is 173 g/mol. The van der Waals surface area contributed by atoms with Crippen LogP contribution in [0.3, 0.4) is 0 Å². The van der Waals surface area contributed by atoms with E-state index in [0.717, 1.165) is 25.1 Å². The fourth-order valence-corrected chi connectivity index (χ4v) is 1.81. The molecule has 0 aromatic heterocycles. The highest BCUT2D eigenvalue weighted by Crippen LogP contribution is 2.21. The Hall–Kier alpha value is -1.24. The van der Waals surface area contributed by atoms with Gasteiger partial charge in [0.1, 0.15) is 0 Å². The van der Waals surface area contributed by atoms with Crippen molar-refractivity contribution >= 4 is 5.70 Å². The molecular weight excluding hydrogens is 158 g/mol. The predicted molar refractivity (Wildman–Crippen MR) is 56.6 cm³/mol. The molecule has 0 aliphatic carbocycles. The molecule has 1 nitrogen and oxygen atoms in total. The van der Waals surface area contributed by atoms with Crippen molar-refractivity contribution in [2.75, 3.05) is 6.54 Å². The van der Waals surface area contributed by atoms with Gasteiger partial charge in [-0.15, -0.1) is 0 Å². The highest BCUT2D eigenvalue weighted by atomic mass is 14.9. The Labute approximate surface area is 79.5 Å². The summed E-state index contributed by atoms with van der Waals surface area (Å²) in [7, 11) is 0. The molecule has 0 amide bonds. The number of rotatable bonds is 1. The number of benzene rings is 1. The summed E-state index contributed by atoms with van der Waals surface area (Å²) in [5, 5.41) is 3.28. The van der Waals surface area contributed by atoms with E-state index in [-0.39, 0.29) is 0 Å². The van der Waals surface area contributed by atoms with Gasteiger partial charge in [-0.3, -0.25) is 0 Å². The molecule has 0 saturated heterocycles. The van der Waals surface area contributed by atoms with E-state index in [9.17, 15) is 0 Å². The van der Waals surface area contributed by atoms with E-state index in [4.69, 9.17) is 0 Å². The fraction of sp³-hybridized carbons (Fsp3) is 0.333. The molecule has 1 heteroatoms. The van der Waals surface area contributed by atoms with Gasteiger partial charge in [-0.25, -0.2) is 0 Å². The number of hydrogen-bond acceptors (Lipinski definition) is 1. The van der Waals surface area contributed by atoms with Crippen LogP contribution in [-0.2, 0) is 12.8 Å². The van der Waals surface area contributed by atoms with E-state index in [0.29, 0.717) is 0 Å². The van der Waals surface area contributed by atoms with Gasteiger partial charge >= 0.3 is 0 Å². The second-order valence-corrected chi connectivity index (χ2v) is 3.50. The molecule has 1 aromatic rings. The lowest BCUT2D eigenvalue weighted by Crippen LogP contribution is -2.21. The Balaban J connectivity index is 2.45. The number of aryl methyl sites for hydroxylation is 1. The zero-order chi connectivity index (χ0) is 9.26. The van der Waals surface area contributed by atoms with Crippen molar-refractivity contribution in [2.45, 2.75) is 19.8 Å². The summed E-state index contributed by atoms with van der Waals surface area (Å²) < 4.78 is 0. The van der Waals surface area contributed by atoms with Crippen molar-refractivity contribution in [3.63, 3.8) is 0 Å². The smallest absolute Gasteiger partial charge is 0.0343 e. The largest absolute Gasteiger partial charge is 0.385 e. The molecule has 1 aliphatic heterocycles. The van der Waals surface area contributed by atoms with E-state index < -0.39 is 0 Å². The molecule has 0 radical (unpaired) electrons. The van der Waals surface area contributed by atoms with Crippen LogP contribution < -0.4 is 5.32 Å². The molecule has 1 N–H and O–H groups in total. The fourth-order valence-electron chi connectivity index (χ4n) is 1.81. The van der Waals surface area contributed by atoms with E-state index in [2.05, 4.69) is 37.0 Å². The molecule has 0 spiro atoms. The maximum atomic E-state index is 4.00. The summed E-state index contributed by atoms with van der Waals surface area (Å²) in [5.41, 5.74) is 5.24. The van der Waals surface area contributed by atoms with Crippen LogP contribution in [0.25, 0.3) is 5.70 Å². The van der Waals surface area contributed by atoms with Crippen LogP contribution in [-0.4, -0.2) is 6.54 Å². The lowest BCUT2D eigenvalue weighted by atomic mass is 9.96. The van der Waals surface area contributed by atoms with Crippen molar-refractivity contribution in [1.82, 2.24) is 5.32 Å². The molecule has 1 aliphatic rings. The van der Waals surface area contributed by atoms with Crippen LogP contribution in [0.1, 0.15) is 23.6 Å². The molecule has 13 heavy (non-hydrogen) atoms. The first-order valence-corrected chi connectivity index (χ1v) is 4.86. The van der Waals surface area contributed by atoms with E-state index in [1.165, 1.54) is 16.7 Å². The summed E-state index contributed by atoms with van der Waals surface area (Å²) in [6, 6.07) is 6.68. The summed E-state index contributed by atoms with van der Waals surface area (Å²) in [5.74, 6) is 0. The Morgan fingerprint density at radius 3 is 3.08 bits per heavy atom. The summed E-state index contributed by atoms with van der Waals surface area (Å²) in [6.45, 7) is 7.22. The summed E-state index contributed by atoms with van der Waals surface area (Å²) in [6.07, 6.45) is 2.25. The molecule has 0 saturated carbocycles. The minimum absolute atomic E-state index is 1.03. The molecular formula is C12H15N. The molecule has 2 rings (SSSR count). The minimum Gasteiger partial charge on any atom is -0.385 e. The van der Waals surface area contributed by atoms with Gasteiger partial charge in [-0.05, 0) is 24.0 Å². The lowest BCUT2D eigenvalue weighted by molar-refractivity contribution is 0.813. The highest BCUT2D eigenvalue weighted by Gasteiger charge is 2.11. The topological polar surface area (TPSA) is 12.0 Å². The molecule has 0 fully saturated rings. The summed E-state index contributed by atoms with van der Waals surface area (Å²) in [4.78, 5) is 0. The van der Waals surface area contributed by atoms with E-state index in [1.54, 1.807) is 0 Å². The summed E-state index contributed by atoms with van der Waals surface area (Å²) >= 11 is 0. The van der Waals surface area contributed by atoms with E-state index in [1.807, 2.05) is 0 Å². The van der Waals surface area contributed by atoms with Gasteiger partial charge in [0, 0.05) is 17.8 Å². The second kappa shape index (κ2) is 3.25. The average Bonchev–Trinajstić information content (AvgIpc) is 2.18. The quantitative estimate of drug-likeness (QED) is 0.687. The van der Waals surface area contributed by atoms with Crippen molar-refractivity contribution in [3.8, 4) is 0 Å². The van der Waals surface area contributed by atoms with Crippen LogP contribution in [0, 0.1) is 0 Å². The molecule has 0 atom stereocenters. The maximum Gasteiger partial charge on any atom is 0.0343 e. The third-order valence-electron chi connectivity index (χ3n) is 2.64. The zero-order valence-corrected chi connectivity index (χ0v) is 8.06. The highest BCUT2D eigenvalue weighted by molar-refractivity contribution is 5.66. The first-order valence-electron chi connectivity index (χ1n) is 4.86. The third-order valence-corrected chi connectivity index (χ3v) is 2.64. The lowest BCUT2D eigenvalue weighted by Gasteiger charge is -2.20. The number of nitrogens with one attached hydrogen (secondary N) is 1. The Morgan fingerprint density at radius 1 is 1.46 bits per heavy atom. The van der Waals surface area contributed by atoms with Gasteiger partial charge in [0.2, 0.25) is 0 Å². The van der Waals surface area contributed by atoms with E-state index >= 15 is 0 Å². The first kappa shape index (κ1) is 8.36. The first-order chi connectivity index (χ1) is 6.31. The Bertz CT molecular complexity index is 339. The van der Waals surface area contributed by atoms with Gasteiger partial charge in [0.05, 0.1) is 0 Å². The van der Waals surface area contributed by atoms with Crippen LogP contribution in [0.5, 0.6) is 0 Å². The number of hydrogen-bond donors (Lipinski definition) is 1. The molecule has 1 heterocycles. The van der Waals surface area contributed by atoms with Gasteiger partial charge in [-0.2, -0.15) is 0 Å². The van der Waals surface area contributed by atoms with Crippen LogP contribution in [0.4, 0.5) is 0 Å². The van der Waals surface area contributed by atoms with Gasteiger partial charge < -0.3 is 5.32 Å². The van der Waals surface area contributed by atoms with Crippen molar-refractivity contribution in [1.29, 1.82) is 0 Å². The number of fused-ring (bicyclic) bond motifs is 1. The minimum atomic E-state index is 1.03. The molecule has 0 unspecified atom stereocenters. The van der Waals surface area contributed by atoms with Crippen molar-refractivity contribution in [3.05, 3.63) is 41.5 Å². The third kappa shape index (κ3) is 1.46. The van der Waals surface area contributed by atoms with Crippen LogP contribution in [0.2, 0.25) is 0 Å². The maximum absolute atomic E-state index is 4.00. The Morgan fingerprint density at radius 2 is 2.31 bits per heavy atom. The Kier molecular flexibility index (Phi) is 2.09. The van der Waals surface area contributed by atoms with Gasteiger partial charge in [0.15, 0.2) is 0 Å². The predicted octanol–water partition coefficient (Wildman–Crippen LogP) is 2.37.